The average molecular weight is 448 g/mol. The largest absolute Gasteiger partial charge is 0.464 e. The van der Waals surface area contributed by atoms with Crippen molar-refractivity contribution < 1.29 is 4.42 Å². The van der Waals surface area contributed by atoms with Gasteiger partial charge < -0.3 is 15.1 Å². The van der Waals surface area contributed by atoms with Gasteiger partial charge in [-0.05, 0) is 39.8 Å². The van der Waals surface area contributed by atoms with E-state index in [0.29, 0.717) is 6.54 Å². The third kappa shape index (κ3) is 6.50. The molecule has 2 aromatic rings. The number of nitrogens with zero attached hydrogens (tertiary/aromatic N) is 2. The Labute approximate surface area is 159 Å². The minimum Gasteiger partial charge on any atom is -0.464 e. The maximum Gasteiger partial charge on any atom is 0.191 e. The van der Waals surface area contributed by atoms with Crippen LogP contribution in [-0.2, 0) is 6.42 Å². The normalized spacial score (nSPS) is 12.6. The Hall–Kier alpha value is -1.09. The van der Waals surface area contributed by atoms with E-state index in [9.17, 15) is 0 Å². The van der Waals surface area contributed by atoms with E-state index in [2.05, 4.69) is 41.4 Å². The molecule has 0 aliphatic rings. The van der Waals surface area contributed by atoms with Gasteiger partial charge in [-0.15, -0.1) is 35.3 Å². The smallest absolute Gasteiger partial charge is 0.191 e. The molecule has 0 aromatic carbocycles. The van der Waals surface area contributed by atoms with Gasteiger partial charge >= 0.3 is 0 Å². The minimum atomic E-state index is 0. The lowest BCUT2D eigenvalue weighted by atomic mass is 10.2. The van der Waals surface area contributed by atoms with Crippen LogP contribution in [0.4, 0.5) is 0 Å². The van der Waals surface area contributed by atoms with Crippen LogP contribution in [0.5, 0.6) is 0 Å². The number of hydrogen-bond acceptors (Lipinski definition) is 4. The third-order valence-electron chi connectivity index (χ3n) is 3.15. The van der Waals surface area contributed by atoms with Gasteiger partial charge in [0.25, 0.3) is 0 Å². The zero-order valence-electron chi connectivity index (χ0n) is 14.0. The number of furan rings is 1. The summed E-state index contributed by atoms with van der Waals surface area (Å²) in [4.78, 5) is 10.2. The van der Waals surface area contributed by atoms with Crippen LogP contribution in [-0.4, -0.2) is 24.0 Å². The van der Waals surface area contributed by atoms with Gasteiger partial charge in [0.15, 0.2) is 5.96 Å². The average Bonchev–Trinajstić information content (AvgIpc) is 3.08. The molecule has 0 saturated heterocycles. The SMILES string of the molecule is CCNC(=NCCc1ncc(C)s1)NC(C)c1ccc(C)o1.I. The highest BCUT2D eigenvalue weighted by Gasteiger charge is 2.11. The van der Waals surface area contributed by atoms with E-state index in [4.69, 9.17) is 4.42 Å². The van der Waals surface area contributed by atoms with Crippen LogP contribution in [0.2, 0.25) is 0 Å². The summed E-state index contributed by atoms with van der Waals surface area (Å²) in [6.45, 7) is 9.69. The number of nitrogens with one attached hydrogen (secondary N) is 2. The van der Waals surface area contributed by atoms with Gasteiger partial charge in [0.1, 0.15) is 11.5 Å². The van der Waals surface area contributed by atoms with Crippen molar-refractivity contribution in [2.24, 2.45) is 4.99 Å². The van der Waals surface area contributed by atoms with Crippen LogP contribution in [0, 0.1) is 13.8 Å². The second-order valence-electron chi connectivity index (χ2n) is 5.19. The summed E-state index contributed by atoms with van der Waals surface area (Å²) in [7, 11) is 0. The fourth-order valence-corrected chi connectivity index (χ4v) is 2.84. The molecule has 0 amide bonds. The molecule has 7 heteroatoms. The molecule has 0 saturated carbocycles. The highest BCUT2D eigenvalue weighted by Crippen LogP contribution is 2.15. The van der Waals surface area contributed by atoms with Gasteiger partial charge in [0.05, 0.1) is 11.0 Å². The van der Waals surface area contributed by atoms with E-state index in [1.807, 2.05) is 25.3 Å². The standard InChI is InChI=1S/C16H24N4OS.HI/c1-5-17-16(18-9-8-15-19-10-12(3)22-15)20-13(4)14-7-6-11(2)21-14;/h6-7,10,13H,5,8-9H2,1-4H3,(H2,17,18,20);1H. The number of rotatable bonds is 6. The minimum absolute atomic E-state index is 0. The molecule has 2 rings (SSSR count). The molecule has 23 heavy (non-hydrogen) atoms. The Bertz CT molecular complexity index is 623. The molecule has 0 radical (unpaired) electrons. The Morgan fingerprint density at radius 2 is 2.17 bits per heavy atom. The second kappa shape index (κ2) is 9.92. The van der Waals surface area contributed by atoms with Crippen LogP contribution in [0.1, 0.15) is 41.3 Å². The van der Waals surface area contributed by atoms with E-state index in [0.717, 1.165) is 35.5 Å². The van der Waals surface area contributed by atoms with Gasteiger partial charge in [0, 0.05) is 30.6 Å². The van der Waals surface area contributed by atoms with Crippen LogP contribution >= 0.6 is 35.3 Å². The Balaban J connectivity index is 0.00000264. The summed E-state index contributed by atoms with van der Waals surface area (Å²) in [5.41, 5.74) is 0. The van der Waals surface area contributed by atoms with Crippen LogP contribution < -0.4 is 10.6 Å². The van der Waals surface area contributed by atoms with Crippen molar-refractivity contribution in [2.45, 2.75) is 40.2 Å². The summed E-state index contributed by atoms with van der Waals surface area (Å²) >= 11 is 1.73. The van der Waals surface area contributed by atoms with Crippen molar-refractivity contribution in [1.82, 2.24) is 15.6 Å². The highest BCUT2D eigenvalue weighted by atomic mass is 127. The molecule has 1 unspecified atom stereocenters. The Morgan fingerprint density at radius 3 is 2.74 bits per heavy atom. The van der Waals surface area contributed by atoms with Crippen LogP contribution in [0.15, 0.2) is 27.7 Å². The van der Waals surface area contributed by atoms with Gasteiger partial charge in [-0.1, -0.05) is 0 Å². The zero-order chi connectivity index (χ0) is 15.9. The van der Waals surface area contributed by atoms with E-state index >= 15 is 0 Å². The molecule has 0 aliphatic heterocycles. The molecular weight excluding hydrogens is 423 g/mol. The van der Waals surface area contributed by atoms with E-state index in [-0.39, 0.29) is 30.0 Å². The molecule has 128 valence electrons. The van der Waals surface area contributed by atoms with Gasteiger partial charge in [-0.25, -0.2) is 4.98 Å². The lowest BCUT2D eigenvalue weighted by Gasteiger charge is -2.16. The first-order chi connectivity index (χ1) is 10.6. The number of aromatic nitrogens is 1. The molecule has 0 aliphatic carbocycles. The third-order valence-corrected chi connectivity index (χ3v) is 4.12. The number of aryl methyl sites for hydroxylation is 2. The first-order valence-corrected chi connectivity index (χ1v) is 8.42. The molecule has 0 fully saturated rings. The molecule has 5 nitrogen and oxygen atoms in total. The topological polar surface area (TPSA) is 62.5 Å². The van der Waals surface area contributed by atoms with E-state index < -0.39 is 0 Å². The summed E-state index contributed by atoms with van der Waals surface area (Å²) in [6, 6.07) is 4.05. The van der Waals surface area contributed by atoms with Crippen molar-refractivity contribution in [3.05, 3.63) is 39.7 Å². The van der Waals surface area contributed by atoms with Crippen molar-refractivity contribution in [3.63, 3.8) is 0 Å². The predicted molar refractivity (Wildman–Crippen MR) is 107 cm³/mol. The molecule has 2 aromatic heterocycles. The highest BCUT2D eigenvalue weighted by molar-refractivity contribution is 14.0. The Morgan fingerprint density at radius 1 is 1.39 bits per heavy atom. The van der Waals surface area contributed by atoms with Crippen molar-refractivity contribution in [1.29, 1.82) is 0 Å². The van der Waals surface area contributed by atoms with Gasteiger partial charge in [-0.3, -0.25) is 4.99 Å². The molecular formula is C16H25IN4OS. The number of thiazole rings is 1. The Kier molecular flexibility index (Phi) is 8.60. The van der Waals surface area contributed by atoms with Crippen molar-refractivity contribution in [2.75, 3.05) is 13.1 Å². The zero-order valence-corrected chi connectivity index (χ0v) is 17.2. The first-order valence-electron chi connectivity index (χ1n) is 7.61. The number of halogens is 1. The summed E-state index contributed by atoms with van der Waals surface area (Å²) in [6.07, 6.45) is 2.78. The number of aliphatic imine (C=N–C) groups is 1. The van der Waals surface area contributed by atoms with Gasteiger partial charge in [-0.2, -0.15) is 0 Å². The summed E-state index contributed by atoms with van der Waals surface area (Å²) < 4.78 is 5.65. The fourth-order valence-electron chi connectivity index (χ4n) is 2.06. The van der Waals surface area contributed by atoms with Crippen LogP contribution in [0.3, 0.4) is 0 Å². The van der Waals surface area contributed by atoms with Crippen molar-refractivity contribution in [3.8, 4) is 0 Å². The molecule has 2 heterocycles. The molecule has 1 atom stereocenters. The molecule has 0 spiro atoms. The van der Waals surface area contributed by atoms with E-state index in [1.165, 1.54) is 4.88 Å². The number of hydrogen-bond donors (Lipinski definition) is 2. The molecule has 2 N–H and O–H groups in total. The maximum absolute atomic E-state index is 5.65. The quantitative estimate of drug-likeness (QED) is 0.401. The monoisotopic (exact) mass is 448 g/mol. The van der Waals surface area contributed by atoms with Gasteiger partial charge in [0.2, 0.25) is 0 Å². The summed E-state index contributed by atoms with van der Waals surface area (Å²) in [5.74, 6) is 2.64. The van der Waals surface area contributed by atoms with Crippen molar-refractivity contribution >= 4 is 41.3 Å². The van der Waals surface area contributed by atoms with Crippen LogP contribution in [0.25, 0.3) is 0 Å². The lowest BCUT2D eigenvalue weighted by Crippen LogP contribution is -2.38. The van der Waals surface area contributed by atoms with E-state index in [1.54, 1.807) is 11.3 Å². The second-order valence-corrected chi connectivity index (χ2v) is 6.51. The lowest BCUT2D eigenvalue weighted by molar-refractivity contribution is 0.441. The predicted octanol–water partition coefficient (Wildman–Crippen LogP) is 3.83. The summed E-state index contributed by atoms with van der Waals surface area (Å²) in [5, 5.41) is 7.76. The first kappa shape index (κ1) is 20.0. The molecule has 0 bridgehead atoms. The number of guanidine groups is 1. The fraction of sp³-hybridized carbons (Fsp3) is 0.500. The maximum atomic E-state index is 5.65.